The summed E-state index contributed by atoms with van der Waals surface area (Å²) in [6.07, 6.45) is 3.44. The van der Waals surface area contributed by atoms with E-state index in [-0.39, 0.29) is 5.91 Å². The predicted octanol–water partition coefficient (Wildman–Crippen LogP) is 1.98. The number of carbonyl (C=O) groups is 1. The lowest BCUT2D eigenvalue weighted by atomic mass is 9.99. The Bertz CT molecular complexity index is 643. The average molecular weight is 284 g/mol. The summed E-state index contributed by atoms with van der Waals surface area (Å²) >= 11 is 0. The zero-order valence-electron chi connectivity index (χ0n) is 11.7. The van der Waals surface area contributed by atoms with Gasteiger partial charge >= 0.3 is 0 Å². The zero-order chi connectivity index (χ0) is 14.7. The van der Waals surface area contributed by atoms with Crippen molar-refractivity contribution >= 4 is 5.91 Å². The van der Waals surface area contributed by atoms with Gasteiger partial charge in [0.25, 0.3) is 0 Å². The van der Waals surface area contributed by atoms with Crippen molar-refractivity contribution < 1.29 is 14.3 Å². The van der Waals surface area contributed by atoms with Gasteiger partial charge in [0.1, 0.15) is 12.4 Å². The van der Waals surface area contributed by atoms with Gasteiger partial charge in [-0.2, -0.15) is 0 Å². The number of benzene rings is 1. The highest BCUT2D eigenvalue weighted by Crippen LogP contribution is 2.28. The first kappa shape index (κ1) is 13.6. The van der Waals surface area contributed by atoms with Crippen LogP contribution in [0, 0.1) is 0 Å². The smallest absolute Gasteiger partial charge is 0.226 e. The molecule has 0 fully saturated rings. The number of methoxy groups -OCH3 is 1. The van der Waals surface area contributed by atoms with Crippen molar-refractivity contribution in [3.63, 3.8) is 0 Å². The Morgan fingerprint density at radius 3 is 2.86 bits per heavy atom. The molecule has 0 spiro atoms. The number of fused-ring (bicyclic) bond motifs is 1. The molecule has 1 amide bonds. The number of aromatic nitrogens is 1. The Hall–Kier alpha value is -2.40. The van der Waals surface area contributed by atoms with Crippen molar-refractivity contribution in [3.8, 4) is 5.75 Å². The Labute approximate surface area is 122 Å². The van der Waals surface area contributed by atoms with Crippen LogP contribution in [0.2, 0.25) is 0 Å². The minimum atomic E-state index is -0.411. The number of nitrogens with zero attached hydrogens (tertiary/aromatic N) is 1. The van der Waals surface area contributed by atoms with E-state index in [1.165, 1.54) is 0 Å². The van der Waals surface area contributed by atoms with Crippen molar-refractivity contribution in [3.05, 3.63) is 59.4 Å². The normalized spacial score (nSPS) is 17.0. The van der Waals surface area contributed by atoms with Gasteiger partial charge in [-0.3, -0.25) is 9.78 Å². The molecule has 0 bridgehead atoms. The fourth-order valence-electron chi connectivity index (χ4n) is 2.35. The molecule has 108 valence electrons. The highest BCUT2D eigenvalue weighted by atomic mass is 16.5. The summed E-state index contributed by atoms with van der Waals surface area (Å²) in [6, 6.07) is 9.55. The summed E-state index contributed by atoms with van der Waals surface area (Å²) in [4.78, 5) is 15.5. The van der Waals surface area contributed by atoms with Gasteiger partial charge in [0.15, 0.2) is 6.23 Å². The van der Waals surface area contributed by atoms with E-state index in [1.54, 1.807) is 19.5 Å². The molecule has 1 N–H and O–H groups in total. The van der Waals surface area contributed by atoms with Crippen LogP contribution in [0.25, 0.3) is 0 Å². The molecular formula is C16H16N2O3. The SMILES string of the molecule is COC1NC(=O)Cc2ccc(OCc3ccncc3)cc21. The second-order valence-electron chi connectivity index (χ2n) is 4.86. The molecule has 1 atom stereocenters. The molecule has 3 rings (SSSR count). The van der Waals surface area contributed by atoms with Gasteiger partial charge in [-0.25, -0.2) is 0 Å². The number of amides is 1. The molecule has 0 aliphatic carbocycles. The molecule has 5 heteroatoms. The highest BCUT2D eigenvalue weighted by molar-refractivity contribution is 5.81. The summed E-state index contributed by atoms with van der Waals surface area (Å²) < 4.78 is 11.1. The van der Waals surface area contributed by atoms with Gasteiger partial charge < -0.3 is 14.8 Å². The van der Waals surface area contributed by atoms with Gasteiger partial charge in [0, 0.05) is 25.1 Å². The van der Waals surface area contributed by atoms with E-state index in [4.69, 9.17) is 9.47 Å². The zero-order valence-corrected chi connectivity index (χ0v) is 11.7. The molecule has 2 heterocycles. The lowest BCUT2D eigenvalue weighted by Crippen LogP contribution is -2.36. The first-order valence-electron chi connectivity index (χ1n) is 6.73. The van der Waals surface area contributed by atoms with Crippen LogP contribution >= 0.6 is 0 Å². The van der Waals surface area contributed by atoms with Gasteiger partial charge in [0.05, 0.1) is 6.42 Å². The van der Waals surface area contributed by atoms with Gasteiger partial charge in [0.2, 0.25) is 5.91 Å². The van der Waals surface area contributed by atoms with Gasteiger partial charge in [-0.05, 0) is 35.4 Å². The molecule has 1 aliphatic rings. The summed E-state index contributed by atoms with van der Waals surface area (Å²) in [7, 11) is 1.57. The standard InChI is InChI=1S/C16H16N2O3/c1-20-16-14-9-13(3-2-12(14)8-15(19)18-16)21-10-11-4-6-17-7-5-11/h2-7,9,16H,8,10H2,1H3,(H,18,19). The van der Waals surface area contributed by atoms with Crippen molar-refractivity contribution in [2.75, 3.05) is 7.11 Å². The minimum absolute atomic E-state index is 0.0280. The van der Waals surface area contributed by atoms with Crippen molar-refractivity contribution in [1.29, 1.82) is 0 Å². The number of pyridine rings is 1. The first-order valence-corrected chi connectivity index (χ1v) is 6.73. The third-order valence-electron chi connectivity index (χ3n) is 3.43. The molecule has 1 unspecified atom stereocenters. The van der Waals surface area contributed by atoms with E-state index in [1.807, 2.05) is 30.3 Å². The minimum Gasteiger partial charge on any atom is -0.489 e. The van der Waals surface area contributed by atoms with Crippen LogP contribution in [0.1, 0.15) is 22.9 Å². The monoisotopic (exact) mass is 284 g/mol. The average Bonchev–Trinajstić information content (AvgIpc) is 2.53. The number of rotatable bonds is 4. The lowest BCUT2D eigenvalue weighted by Gasteiger charge is -2.25. The Morgan fingerprint density at radius 1 is 1.29 bits per heavy atom. The fraction of sp³-hybridized carbons (Fsp3) is 0.250. The van der Waals surface area contributed by atoms with E-state index in [9.17, 15) is 4.79 Å². The molecule has 5 nitrogen and oxygen atoms in total. The van der Waals surface area contributed by atoms with Crippen LogP contribution in [0.5, 0.6) is 5.75 Å². The Kier molecular flexibility index (Phi) is 3.83. The molecule has 0 saturated carbocycles. The number of nitrogens with one attached hydrogen (secondary N) is 1. The van der Waals surface area contributed by atoms with Crippen molar-refractivity contribution in [1.82, 2.24) is 10.3 Å². The maximum Gasteiger partial charge on any atom is 0.226 e. The third-order valence-corrected chi connectivity index (χ3v) is 3.43. The molecular weight excluding hydrogens is 268 g/mol. The maximum atomic E-state index is 11.6. The predicted molar refractivity (Wildman–Crippen MR) is 76.6 cm³/mol. The van der Waals surface area contributed by atoms with Gasteiger partial charge in [-0.1, -0.05) is 6.07 Å². The second kappa shape index (κ2) is 5.93. The highest BCUT2D eigenvalue weighted by Gasteiger charge is 2.24. The van der Waals surface area contributed by atoms with Gasteiger partial charge in [-0.15, -0.1) is 0 Å². The third kappa shape index (κ3) is 3.03. The Morgan fingerprint density at radius 2 is 2.10 bits per heavy atom. The van der Waals surface area contributed by atoms with Crippen LogP contribution in [-0.2, 0) is 22.6 Å². The molecule has 0 radical (unpaired) electrons. The largest absolute Gasteiger partial charge is 0.489 e. The molecule has 0 saturated heterocycles. The number of hydrogen-bond acceptors (Lipinski definition) is 4. The number of carbonyl (C=O) groups excluding carboxylic acids is 1. The fourth-order valence-corrected chi connectivity index (χ4v) is 2.35. The van der Waals surface area contributed by atoms with Crippen molar-refractivity contribution in [2.45, 2.75) is 19.3 Å². The van der Waals surface area contributed by atoms with E-state index in [2.05, 4.69) is 10.3 Å². The van der Waals surface area contributed by atoms with E-state index in [0.29, 0.717) is 13.0 Å². The van der Waals surface area contributed by atoms with Crippen LogP contribution in [0.3, 0.4) is 0 Å². The van der Waals surface area contributed by atoms with Crippen LogP contribution < -0.4 is 10.1 Å². The molecule has 1 aromatic carbocycles. The quantitative estimate of drug-likeness (QED) is 0.932. The molecule has 21 heavy (non-hydrogen) atoms. The van der Waals surface area contributed by atoms with Crippen LogP contribution in [0.15, 0.2) is 42.7 Å². The number of ether oxygens (including phenoxy) is 2. The lowest BCUT2D eigenvalue weighted by molar-refractivity contribution is -0.125. The van der Waals surface area contributed by atoms with Crippen LogP contribution in [0.4, 0.5) is 0 Å². The summed E-state index contributed by atoms with van der Waals surface area (Å²) in [5.41, 5.74) is 2.98. The molecule has 2 aromatic rings. The topological polar surface area (TPSA) is 60.5 Å². The first-order chi connectivity index (χ1) is 10.3. The number of hydrogen-bond donors (Lipinski definition) is 1. The van der Waals surface area contributed by atoms with E-state index < -0.39 is 6.23 Å². The summed E-state index contributed by atoms with van der Waals surface area (Å²) in [5, 5.41) is 2.80. The van der Waals surface area contributed by atoms with Crippen LogP contribution in [-0.4, -0.2) is 18.0 Å². The molecule has 1 aliphatic heterocycles. The van der Waals surface area contributed by atoms with E-state index in [0.717, 1.165) is 22.4 Å². The van der Waals surface area contributed by atoms with Crippen molar-refractivity contribution in [2.24, 2.45) is 0 Å². The summed E-state index contributed by atoms with van der Waals surface area (Å²) in [6.45, 7) is 0.477. The maximum absolute atomic E-state index is 11.6. The summed E-state index contributed by atoms with van der Waals surface area (Å²) in [5.74, 6) is 0.726. The van der Waals surface area contributed by atoms with E-state index >= 15 is 0 Å². The molecule has 1 aromatic heterocycles. The second-order valence-corrected chi connectivity index (χ2v) is 4.86. The Balaban J connectivity index is 1.77.